The lowest BCUT2D eigenvalue weighted by molar-refractivity contribution is 0.171. The first kappa shape index (κ1) is 10.3. The minimum atomic E-state index is -0.368. The van der Waals surface area contributed by atoms with Crippen LogP contribution in [0, 0.1) is 12.5 Å². The van der Waals surface area contributed by atoms with Crippen LogP contribution in [0.15, 0.2) is 0 Å². The molecule has 11 heavy (non-hydrogen) atoms. The van der Waals surface area contributed by atoms with Crippen molar-refractivity contribution in [3.05, 3.63) is 6.61 Å². The first-order valence-corrected chi connectivity index (χ1v) is 3.93. The highest BCUT2D eigenvalue weighted by Crippen LogP contribution is 1.97. The SMILES string of the molecule is C[CH]OC(=O)NCC(C)CC. The highest BCUT2D eigenvalue weighted by molar-refractivity contribution is 5.67. The fourth-order valence-corrected chi connectivity index (χ4v) is 0.551. The lowest BCUT2D eigenvalue weighted by Gasteiger charge is -2.08. The third-order valence-electron chi connectivity index (χ3n) is 1.52. The Morgan fingerprint density at radius 1 is 1.73 bits per heavy atom. The molecule has 1 amide bonds. The summed E-state index contributed by atoms with van der Waals surface area (Å²) >= 11 is 0. The van der Waals surface area contributed by atoms with E-state index < -0.39 is 0 Å². The summed E-state index contributed by atoms with van der Waals surface area (Å²) in [4.78, 5) is 10.7. The van der Waals surface area contributed by atoms with Crippen LogP contribution in [0.3, 0.4) is 0 Å². The van der Waals surface area contributed by atoms with E-state index in [0.29, 0.717) is 12.5 Å². The summed E-state index contributed by atoms with van der Waals surface area (Å²) in [6, 6.07) is 0. The normalized spacial score (nSPS) is 12.3. The molecule has 0 spiro atoms. The monoisotopic (exact) mass is 158 g/mol. The highest BCUT2D eigenvalue weighted by atomic mass is 16.5. The van der Waals surface area contributed by atoms with Crippen LogP contribution in [-0.2, 0) is 4.74 Å². The van der Waals surface area contributed by atoms with Gasteiger partial charge in [0.2, 0.25) is 0 Å². The van der Waals surface area contributed by atoms with Crippen molar-refractivity contribution in [2.24, 2.45) is 5.92 Å². The third-order valence-corrected chi connectivity index (χ3v) is 1.52. The molecule has 3 nitrogen and oxygen atoms in total. The van der Waals surface area contributed by atoms with E-state index in [1.54, 1.807) is 6.92 Å². The Kier molecular flexibility index (Phi) is 5.61. The van der Waals surface area contributed by atoms with E-state index in [-0.39, 0.29) is 6.09 Å². The minimum absolute atomic E-state index is 0.368. The Morgan fingerprint density at radius 3 is 2.82 bits per heavy atom. The van der Waals surface area contributed by atoms with Crippen LogP contribution in [0.2, 0.25) is 0 Å². The van der Waals surface area contributed by atoms with E-state index in [2.05, 4.69) is 23.9 Å². The molecule has 0 saturated carbocycles. The molecular formula is C8H16NO2. The molecule has 1 unspecified atom stereocenters. The van der Waals surface area contributed by atoms with Crippen molar-refractivity contribution < 1.29 is 9.53 Å². The second kappa shape index (κ2) is 6.01. The predicted molar refractivity (Wildman–Crippen MR) is 43.9 cm³/mol. The lowest BCUT2D eigenvalue weighted by atomic mass is 10.1. The van der Waals surface area contributed by atoms with Crippen LogP contribution in [0.25, 0.3) is 0 Å². The maximum absolute atomic E-state index is 10.7. The van der Waals surface area contributed by atoms with Crippen LogP contribution in [0.5, 0.6) is 0 Å². The number of nitrogens with one attached hydrogen (secondary N) is 1. The van der Waals surface area contributed by atoms with Gasteiger partial charge in [0.1, 0.15) is 6.61 Å². The van der Waals surface area contributed by atoms with Gasteiger partial charge in [0.15, 0.2) is 0 Å². The maximum atomic E-state index is 10.7. The molecule has 0 aliphatic carbocycles. The van der Waals surface area contributed by atoms with Crippen molar-refractivity contribution in [2.75, 3.05) is 6.54 Å². The van der Waals surface area contributed by atoms with Gasteiger partial charge in [0.25, 0.3) is 0 Å². The van der Waals surface area contributed by atoms with Gasteiger partial charge in [0, 0.05) is 6.54 Å². The summed E-state index contributed by atoms with van der Waals surface area (Å²) in [6.07, 6.45) is 0.698. The van der Waals surface area contributed by atoms with Gasteiger partial charge in [-0.2, -0.15) is 0 Å². The summed E-state index contributed by atoms with van der Waals surface area (Å²) in [5.41, 5.74) is 0. The molecule has 0 aliphatic rings. The molecule has 0 aromatic rings. The van der Waals surface area contributed by atoms with E-state index in [1.807, 2.05) is 0 Å². The molecule has 0 aromatic carbocycles. The number of ether oxygens (including phenoxy) is 1. The minimum Gasteiger partial charge on any atom is -0.443 e. The van der Waals surface area contributed by atoms with E-state index in [0.717, 1.165) is 6.42 Å². The number of hydrogen-bond acceptors (Lipinski definition) is 2. The van der Waals surface area contributed by atoms with Gasteiger partial charge in [-0.15, -0.1) is 0 Å². The number of carbonyl (C=O) groups is 1. The van der Waals surface area contributed by atoms with Crippen LogP contribution < -0.4 is 5.32 Å². The van der Waals surface area contributed by atoms with Gasteiger partial charge in [-0.3, -0.25) is 0 Å². The fourth-order valence-electron chi connectivity index (χ4n) is 0.551. The zero-order valence-corrected chi connectivity index (χ0v) is 7.39. The van der Waals surface area contributed by atoms with Crippen molar-refractivity contribution in [3.63, 3.8) is 0 Å². The number of hydrogen-bond donors (Lipinski definition) is 1. The van der Waals surface area contributed by atoms with Crippen molar-refractivity contribution in [3.8, 4) is 0 Å². The first-order chi connectivity index (χ1) is 5.20. The molecule has 0 bridgehead atoms. The number of amides is 1. The zero-order chi connectivity index (χ0) is 8.69. The Morgan fingerprint density at radius 2 is 2.36 bits per heavy atom. The molecule has 1 N–H and O–H groups in total. The summed E-state index contributed by atoms with van der Waals surface area (Å²) in [6.45, 7) is 7.89. The fraction of sp³-hybridized carbons (Fsp3) is 0.750. The van der Waals surface area contributed by atoms with Gasteiger partial charge in [-0.1, -0.05) is 20.3 Å². The van der Waals surface area contributed by atoms with Gasteiger partial charge >= 0.3 is 6.09 Å². The predicted octanol–water partition coefficient (Wildman–Crippen LogP) is 1.94. The van der Waals surface area contributed by atoms with Crippen LogP contribution in [0.1, 0.15) is 27.2 Å². The Balaban J connectivity index is 3.30. The Labute approximate surface area is 68.1 Å². The third kappa shape index (κ3) is 5.70. The number of rotatable bonds is 4. The molecule has 0 aliphatic heterocycles. The van der Waals surface area contributed by atoms with E-state index in [1.165, 1.54) is 6.61 Å². The largest absolute Gasteiger partial charge is 0.443 e. The number of alkyl carbamates (subject to hydrolysis) is 1. The summed E-state index contributed by atoms with van der Waals surface area (Å²) < 4.78 is 4.56. The zero-order valence-electron chi connectivity index (χ0n) is 7.39. The molecule has 0 heterocycles. The van der Waals surface area contributed by atoms with Crippen LogP contribution in [-0.4, -0.2) is 12.6 Å². The molecule has 65 valence electrons. The number of carbonyl (C=O) groups excluding carboxylic acids is 1. The van der Waals surface area contributed by atoms with E-state index in [4.69, 9.17) is 0 Å². The topological polar surface area (TPSA) is 38.3 Å². The molecular weight excluding hydrogens is 142 g/mol. The Hall–Kier alpha value is -0.730. The molecule has 1 atom stereocenters. The average Bonchev–Trinajstić information content (AvgIpc) is 2.01. The molecule has 0 fully saturated rings. The highest BCUT2D eigenvalue weighted by Gasteiger charge is 2.02. The second-order valence-corrected chi connectivity index (χ2v) is 2.54. The van der Waals surface area contributed by atoms with Crippen LogP contribution >= 0.6 is 0 Å². The van der Waals surface area contributed by atoms with Crippen LogP contribution in [0.4, 0.5) is 4.79 Å². The average molecular weight is 158 g/mol. The molecule has 1 radical (unpaired) electrons. The van der Waals surface area contributed by atoms with Crippen molar-refractivity contribution >= 4 is 6.09 Å². The quantitative estimate of drug-likeness (QED) is 0.679. The van der Waals surface area contributed by atoms with Gasteiger partial charge < -0.3 is 10.1 Å². The summed E-state index contributed by atoms with van der Waals surface area (Å²) in [5.74, 6) is 0.513. The summed E-state index contributed by atoms with van der Waals surface area (Å²) in [7, 11) is 0. The van der Waals surface area contributed by atoms with Crippen molar-refractivity contribution in [1.29, 1.82) is 0 Å². The maximum Gasteiger partial charge on any atom is 0.407 e. The van der Waals surface area contributed by atoms with Gasteiger partial charge in [0.05, 0.1) is 0 Å². The van der Waals surface area contributed by atoms with Crippen molar-refractivity contribution in [1.82, 2.24) is 5.32 Å². The molecule has 3 heteroatoms. The smallest absolute Gasteiger partial charge is 0.407 e. The van der Waals surface area contributed by atoms with E-state index in [9.17, 15) is 4.79 Å². The van der Waals surface area contributed by atoms with Crippen molar-refractivity contribution in [2.45, 2.75) is 27.2 Å². The molecule has 0 saturated heterocycles. The first-order valence-electron chi connectivity index (χ1n) is 3.93. The van der Waals surface area contributed by atoms with Gasteiger partial charge in [-0.25, -0.2) is 4.79 Å². The molecule has 0 aromatic heterocycles. The van der Waals surface area contributed by atoms with E-state index >= 15 is 0 Å². The Bertz CT molecular complexity index is 115. The standard InChI is InChI=1S/C8H16NO2/c1-4-7(3)6-9-8(10)11-5-2/h5,7H,4,6H2,1-3H3,(H,9,10). The molecule has 0 rings (SSSR count). The lowest BCUT2D eigenvalue weighted by Crippen LogP contribution is -2.27. The van der Waals surface area contributed by atoms with Gasteiger partial charge in [-0.05, 0) is 12.8 Å². The summed E-state index contributed by atoms with van der Waals surface area (Å²) in [5, 5.41) is 2.64. The second-order valence-electron chi connectivity index (χ2n) is 2.54.